The van der Waals surface area contributed by atoms with Crippen molar-refractivity contribution in [2.75, 3.05) is 19.6 Å². The highest BCUT2D eigenvalue weighted by Crippen LogP contribution is 2.34. The van der Waals surface area contributed by atoms with Crippen LogP contribution in [-0.4, -0.2) is 46.0 Å². The van der Waals surface area contributed by atoms with E-state index in [0.717, 1.165) is 43.6 Å². The lowest BCUT2D eigenvalue weighted by Gasteiger charge is -2.36. The maximum absolute atomic E-state index is 13.9. The number of carbonyl (C=O) groups excluding carboxylic acids is 1. The molecular formula is C27H32N4O. The van der Waals surface area contributed by atoms with E-state index in [0.29, 0.717) is 18.3 Å². The minimum absolute atomic E-state index is 0.0563. The number of aromatic nitrogens is 2. The van der Waals surface area contributed by atoms with E-state index < -0.39 is 0 Å². The number of rotatable bonds is 5. The summed E-state index contributed by atoms with van der Waals surface area (Å²) in [5.74, 6) is 0.0563. The lowest BCUT2D eigenvalue weighted by molar-refractivity contribution is 0.0631. The fraction of sp³-hybridized carbons (Fsp3) is 0.407. The molecule has 5 nitrogen and oxygen atoms in total. The average Bonchev–Trinajstić information content (AvgIpc) is 3.31. The molecule has 1 aromatic heterocycles. The molecule has 1 N–H and O–H groups in total. The van der Waals surface area contributed by atoms with Gasteiger partial charge >= 0.3 is 0 Å². The van der Waals surface area contributed by atoms with E-state index in [2.05, 4.69) is 46.3 Å². The van der Waals surface area contributed by atoms with Gasteiger partial charge in [-0.3, -0.25) is 4.79 Å². The summed E-state index contributed by atoms with van der Waals surface area (Å²) in [6, 6.07) is 21.3. The first kappa shape index (κ1) is 21.0. The molecule has 5 heteroatoms. The van der Waals surface area contributed by atoms with Gasteiger partial charge in [-0.25, -0.2) is 4.98 Å². The molecule has 1 saturated carbocycles. The molecule has 3 aromatic rings. The summed E-state index contributed by atoms with van der Waals surface area (Å²) in [6.45, 7) is 2.34. The SMILES string of the molecule is O=C(c1ncn(C2CCCCC2)c1-c1ccccc1)N1CCNC[C@H]1Cc1ccccc1. The summed E-state index contributed by atoms with van der Waals surface area (Å²) < 4.78 is 2.29. The Kier molecular flexibility index (Phi) is 6.35. The van der Waals surface area contributed by atoms with Crippen molar-refractivity contribution in [1.29, 1.82) is 0 Å². The maximum Gasteiger partial charge on any atom is 0.275 e. The molecule has 2 aliphatic rings. The first-order valence-corrected chi connectivity index (χ1v) is 12.0. The summed E-state index contributed by atoms with van der Waals surface area (Å²) in [5, 5.41) is 3.48. The molecule has 1 atom stereocenters. The van der Waals surface area contributed by atoms with Crippen LogP contribution >= 0.6 is 0 Å². The largest absolute Gasteiger partial charge is 0.331 e. The molecule has 0 bridgehead atoms. The molecule has 2 fully saturated rings. The van der Waals surface area contributed by atoms with E-state index in [4.69, 9.17) is 4.98 Å². The first-order valence-electron chi connectivity index (χ1n) is 12.0. The van der Waals surface area contributed by atoms with Crippen LogP contribution in [0.15, 0.2) is 67.0 Å². The predicted molar refractivity (Wildman–Crippen MR) is 128 cm³/mol. The van der Waals surface area contributed by atoms with Crippen LogP contribution in [-0.2, 0) is 6.42 Å². The Morgan fingerprint density at radius 2 is 1.69 bits per heavy atom. The predicted octanol–water partition coefficient (Wildman–Crippen LogP) is 4.71. The number of benzene rings is 2. The van der Waals surface area contributed by atoms with Crippen molar-refractivity contribution >= 4 is 5.91 Å². The zero-order chi connectivity index (χ0) is 21.8. The van der Waals surface area contributed by atoms with Gasteiger partial charge in [-0.05, 0) is 24.8 Å². The smallest absolute Gasteiger partial charge is 0.275 e. The fourth-order valence-electron chi connectivity index (χ4n) is 5.27. The molecule has 2 aromatic carbocycles. The number of imidazole rings is 1. The van der Waals surface area contributed by atoms with E-state index in [1.165, 1.54) is 24.8 Å². The Morgan fingerprint density at radius 1 is 0.969 bits per heavy atom. The van der Waals surface area contributed by atoms with Gasteiger partial charge in [0.2, 0.25) is 0 Å². The Labute approximate surface area is 190 Å². The van der Waals surface area contributed by atoms with Crippen LogP contribution in [0, 0.1) is 0 Å². The quantitative estimate of drug-likeness (QED) is 0.640. The number of nitrogens with zero attached hydrogens (tertiary/aromatic N) is 3. The number of piperazine rings is 1. The van der Waals surface area contributed by atoms with Crippen LogP contribution < -0.4 is 5.32 Å². The van der Waals surface area contributed by atoms with Crippen molar-refractivity contribution in [3.8, 4) is 11.3 Å². The molecule has 0 radical (unpaired) electrons. The molecule has 0 spiro atoms. The van der Waals surface area contributed by atoms with Crippen LogP contribution in [0.2, 0.25) is 0 Å². The van der Waals surface area contributed by atoms with Gasteiger partial charge in [0.1, 0.15) is 0 Å². The van der Waals surface area contributed by atoms with Crippen molar-refractivity contribution in [1.82, 2.24) is 19.8 Å². The summed E-state index contributed by atoms with van der Waals surface area (Å²) in [6.07, 6.45) is 8.89. The number of carbonyl (C=O) groups is 1. The fourth-order valence-corrected chi connectivity index (χ4v) is 5.27. The molecule has 0 unspecified atom stereocenters. The van der Waals surface area contributed by atoms with Crippen LogP contribution in [0.5, 0.6) is 0 Å². The van der Waals surface area contributed by atoms with Crippen LogP contribution in [0.4, 0.5) is 0 Å². The zero-order valence-corrected chi connectivity index (χ0v) is 18.6. The van der Waals surface area contributed by atoms with Gasteiger partial charge in [0.05, 0.1) is 12.0 Å². The summed E-state index contributed by atoms with van der Waals surface area (Å²) >= 11 is 0. The topological polar surface area (TPSA) is 50.2 Å². The third-order valence-electron chi connectivity index (χ3n) is 6.94. The van der Waals surface area contributed by atoms with Gasteiger partial charge in [0, 0.05) is 37.3 Å². The number of hydrogen-bond acceptors (Lipinski definition) is 3. The Hall–Kier alpha value is -2.92. The molecule has 2 heterocycles. The third kappa shape index (κ3) is 4.35. The minimum atomic E-state index is 0.0563. The van der Waals surface area contributed by atoms with Crippen LogP contribution in [0.25, 0.3) is 11.3 Å². The van der Waals surface area contributed by atoms with Gasteiger partial charge in [-0.15, -0.1) is 0 Å². The van der Waals surface area contributed by atoms with Crippen LogP contribution in [0.1, 0.15) is 54.2 Å². The molecule has 1 aliphatic heterocycles. The van der Waals surface area contributed by atoms with E-state index in [1.54, 1.807) is 0 Å². The van der Waals surface area contributed by atoms with Crippen molar-refractivity contribution in [2.24, 2.45) is 0 Å². The van der Waals surface area contributed by atoms with E-state index in [-0.39, 0.29) is 11.9 Å². The Morgan fingerprint density at radius 3 is 2.44 bits per heavy atom. The highest BCUT2D eigenvalue weighted by molar-refractivity contribution is 5.98. The maximum atomic E-state index is 13.9. The van der Waals surface area contributed by atoms with E-state index in [9.17, 15) is 4.79 Å². The monoisotopic (exact) mass is 428 g/mol. The first-order chi connectivity index (χ1) is 15.8. The second-order valence-corrected chi connectivity index (χ2v) is 9.05. The van der Waals surface area contributed by atoms with Crippen LogP contribution in [0.3, 0.4) is 0 Å². The second kappa shape index (κ2) is 9.70. The highest BCUT2D eigenvalue weighted by Gasteiger charge is 2.32. The molecule has 5 rings (SSSR count). The summed E-state index contributed by atoms with van der Waals surface area (Å²) in [4.78, 5) is 20.7. The number of amides is 1. The van der Waals surface area contributed by atoms with Gasteiger partial charge < -0.3 is 14.8 Å². The lowest BCUT2D eigenvalue weighted by atomic mass is 9.94. The molecule has 1 aliphatic carbocycles. The molecule has 1 amide bonds. The highest BCUT2D eigenvalue weighted by atomic mass is 16.2. The molecular weight excluding hydrogens is 396 g/mol. The van der Waals surface area contributed by atoms with Gasteiger partial charge in [0.15, 0.2) is 5.69 Å². The third-order valence-corrected chi connectivity index (χ3v) is 6.94. The molecule has 166 valence electrons. The Balaban J connectivity index is 1.48. The molecule has 32 heavy (non-hydrogen) atoms. The second-order valence-electron chi connectivity index (χ2n) is 9.05. The lowest BCUT2D eigenvalue weighted by Crippen LogP contribution is -2.54. The number of hydrogen-bond donors (Lipinski definition) is 1. The van der Waals surface area contributed by atoms with Gasteiger partial charge in [-0.1, -0.05) is 79.9 Å². The summed E-state index contributed by atoms with van der Waals surface area (Å²) in [7, 11) is 0. The normalized spacial score (nSPS) is 19.8. The standard InChI is InChI=1S/C27H32N4O/c32-27(30-17-16-28-19-24(30)18-21-10-4-1-5-11-21)25-26(22-12-6-2-7-13-22)31(20-29-25)23-14-8-3-9-15-23/h1-2,4-7,10-13,20,23-24,28H,3,8-9,14-19H2/t24-/m1/s1. The van der Waals surface area contributed by atoms with Crippen molar-refractivity contribution in [3.05, 3.63) is 78.2 Å². The zero-order valence-electron chi connectivity index (χ0n) is 18.6. The van der Waals surface area contributed by atoms with Crippen molar-refractivity contribution in [3.63, 3.8) is 0 Å². The average molecular weight is 429 g/mol. The van der Waals surface area contributed by atoms with Crippen molar-refractivity contribution < 1.29 is 4.79 Å². The Bertz CT molecular complexity index is 1020. The van der Waals surface area contributed by atoms with E-state index >= 15 is 0 Å². The van der Waals surface area contributed by atoms with Gasteiger partial charge in [-0.2, -0.15) is 0 Å². The number of nitrogens with one attached hydrogen (secondary N) is 1. The van der Waals surface area contributed by atoms with Gasteiger partial charge in [0.25, 0.3) is 5.91 Å². The minimum Gasteiger partial charge on any atom is -0.331 e. The van der Waals surface area contributed by atoms with Crippen molar-refractivity contribution in [2.45, 2.75) is 50.6 Å². The van der Waals surface area contributed by atoms with E-state index in [1.807, 2.05) is 35.5 Å². The summed E-state index contributed by atoms with van der Waals surface area (Å²) in [5.41, 5.74) is 3.92. The molecule has 1 saturated heterocycles.